The standard InChI is InChI=1S/C13H10N6O2/c14-11-8-18(9-2-1-3-10(6-9)19(20)21)17-13(11)12-7-15-4-5-16-12/h1-8H,14H2. The first kappa shape index (κ1) is 12.7. The fraction of sp³-hybridized carbons (Fsp3) is 0. The maximum Gasteiger partial charge on any atom is 0.271 e. The zero-order chi connectivity index (χ0) is 14.8. The lowest BCUT2D eigenvalue weighted by molar-refractivity contribution is -0.384. The van der Waals surface area contributed by atoms with Crippen LogP contribution in [0.3, 0.4) is 0 Å². The number of nitrogen functional groups attached to an aromatic ring is 1. The van der Waals surface area contributed by atoms with Crippen molar-refractivity contribution >= 4 is 11.4 Å². The molecule has 0 aliphatic carbocycles. The molecule has 104 valence electrons. The van der Waals surface area contributed by atoms with Crippen LogP contribution in [-0.2, 0) is 0 Å². The van der Waals surface area contributed by atoms with Gasteiger partial charge in [-0.25, -0.2) is 4.68 Å². The Labute approximate surface area is 119 Å². The minimum absolute atomic E-state index is 0.0115. The Morgan fingerprint density at radius 3 is 2.86 bits per heavy atom. The van der Waals surface area contributed by atoms with Gasteiger partial charge in [-0.1, -0.05) is 6.07 Å². The van der Waals surface area contributed by atoms with Gasteiger partial charge in [-0.05, 0) is 6.07 Å². The molecule has 0 spiro atoms. The van der Waals surface area contributed by atoms with Crippen LogP contribution in [0, 0.1) is 10.1 Å². The number of rotatable bonds is 3. The smallest absolute Gasteiger partial charge is 0.271 e. The van der Waals surface area contributed by atoms with Crippen molar-refractivity contribution in [3.63, 3.8) is 0 Å². The number of aromatic nitrogens is 4. The van der Waals surface area contributed by atoms with Crippen molar-refractivity contribution in [2.75, 3.05) is 5.73 Å². The van der Waals surface area contributed by atoms with Gasteiger partial charge >= 0.3 is 0 Å². The van der Waals surface area contributed by atoms with E-state index in [0.717, 1.165) is 0 Å². The number of benzene rings is 1. The first-order valence-electron chi connectivity index (χ1n) is 6.01. The van der Waals surface area contributed by atoms with E-state index in [4.69, 9.17) is 5.73 Å². The average Bonchev–Trinajstić information content (AvgIpc) is 2.90. The molecule has 1 aromatic carbocycles. The summed E-state index contributed by atoms with van der Waals surface area (Å²) in [6.07, 6.45) is 6.23. The van der Waals surface area contributed by atoms with Gasteiger partial charge in [0.1, 0.15) is 11.4 Å². The minimum Gasteiger partial charge on any atom is -0.396 e. The van der Waals surface area contributed by atoms with Gasteiger partial charge in [0.25, 0.3) is 5.69 Å². The number of nitrogens with zero attached hydrogens (tertiary/aromatic N) is 5. The van der Waals surface area contributed by atoms with Crippen molar-refractivity contribution in [3.05, 3.63) is 59.2 Å². The van der Waals surface area contributed by atoms with E-state index in [1.807, 2.05) is 0 Å². The van der Waals surface area contributed by atoms with Crippen LogP contribution in [0.2, 0.25) is 0 Å². The van der Waals surface area contributed by atoms with Gasteiger partial charge in [0.2, 0.25) is 0 Å². The third kappa shape index (κ3) is 2.41. The van der Waals surface area contributed by atoms with Gasteiger partial charge in [0, 0.05) is 24.5 Å². The van der Waals surface area contributed by atoms with Crippen molar-refractivity contribution in [1.82, 2.24) is 19.7 Å². The second-order valence-electron chi connectivity index (χ2n) is 4.25. The molecule has 0 fully saturated rings. The lowest BCUT2D eigenvalue weighted by Crippen LogP contribution is -1.97. The van der Waals surface area contributed by atoms with Crippen molar-refractivity contribution in [2.24, 2.45) is 0 Å². The summed E-state index contributed by atoms with van der Waals surface area (Å²) in [5.41, 5.74) is 7.90. The quantitative estimate of drug-likeness (QED) is 0.579. The Balaban J connectivity index is 2.05. The average molecular weight is 282 g/mol. The molecule has 2 heterocycles. The van der Waals surface area contributed by atoms with Crippen molar-refractivity contribution in [2.45, 2.75) is 0 Å². The molecule has 3 rings (SSSR count). The molecule has 0 unspecified atom stereocenters. The first-order chi connectivity index (χ1) is 10.1. The summed E-state index contributed by atoms with van der Waals surface area (Å²) in [6.45, 7) is 0. The molecule has 0 atom stereocenters. The summed E-state index contributed by atoms with van der Waals surface area (Å²) in [6, 6.07) is 6.14. The minimum atomic E-state index is -0.458. The summed E-state index contributed by atoms with van der Waals surface area (Å²) in [5.74, 6) is 0. The summed E-state index contributed by atoms with van der Waals surface area (Å²) < 4.78 is 1.48. The maximum absolute atomic E-state index is 10.8. The molecule has 3 aromatic rings. The normalized spacial score (nSPS) is 10.5. The van der Waals surface area contributed by atoms with E-state index in [2.05, 4.69) is 15.1 Å². The second kappa shape index (κ2) is 5.00. The van der Waals surface area contributed by atoms with Crippen LogP contribution in [0.1, 0.15) is 0 Å². The van der Waals surface area contributed by atoms with Crippen molar-refractivity contribution < 1.29 is 4.92 Å². The highest BCUT2D eigenvalue weighted by atomic mass is 16.6. The van der Waals surface area contributed by atoms with Gasteiger partial charge in [-0.15, -0.1) is 0 Å². The summed E-state index contributed by atoms with van der Waals surface area (Å²) >= 11 is 0. The van der Waals surface area contributed by atoms with E-state index in [-0.39, 0.29) is 5.69 Å². The van der Waals surface area contributed by atoms with Gasteiger partial charge < -0.3 is 5.73 Å². The Kier molecular flexibility index (Phi) is 3.03. The molecule has 21 heavy (non-hydrogen) atoms. The molecular weight excluding hydrogens is 272 g/mol. The third-order valence-corrected chi connectivity index (χ3v) is 2.85. The molecule has 0 aliphatic rings. The molecule has 2 aromatic heterocycles. The monoisotopic (exact) mass is 282 g/mol. The van der Waals surface area contributed by atoms with E-state index >= 15 is 0 Å². The van der Waals surface area contributed by atoms with Crippen LogP contribution < -0.4 is 5.73 Å². The van der Waals surface area contributed by atoms with Crippen LogP contribution in [0.25, 0.3) is 17.1 Å². The summed E-state index contributed by atoms with van der Waals surface area (Å²) in [5, 5.41) is 15.1. The number of nitro groups is 1. The lowest BCUT2D eigenvalue weighted by Gasteiger charge is -2.00. The fourth-order valence-corrected chi connectivity index (χ4v) is 1.89. The number of anilines is 1. The van der Waals surface area contributed by atoms with Crippen LogP contribution in [-0.4, -0.2) is 24.7 Å². The molecule has 0 radical (unpaired) electrons. The topological polar surface area (TPSA) is 113 Å². The van der Waals surface area contributed by atoms with Gasteiger partial charge in [-0.3, -0.25) is 20.1 Å². The van der Waals surface area contributed by atoms with E-state index in [0.29, 0.717) is 22.8 Å². The molecule has 2 N–H and O–H groups in total. The SMILES string of the molecule is Nc1cn(-c2cccc([N+](=O)[O-])c2)nc1-c1cnccn1. The first-order valence-corrected chi connectivity index (χ1v) is 6.01. The number of nitro benzene ring substituents is 1. The van der Waals surface area contributed by atoms with Crippen LogP contribution in [0.5, 0.6) is 0 Å². The Bertz CT molecular complexity index is 799. The Morgan fingerprint density at radius 2 is 2.14 bits per heavy atom. The highest BCUT2D eigenvalue weighted by Crippen LogP contribution is 2.24. The predicted molar refractivity (Wildman–Crippen MR) is 75.7 cm³/mol. The van der Waals surface area contributed by atoms with Crippen LogP contribution >= 0.6 is 0 Å². The summed E-state index contributed by atoms with van der Waals surface area (Å²) in [7, 11) is 0. The van der Waals surface area contributed by atoms with Gasteiger partial charge in [0.05, 0.1) is 28.7 Å². The summed E-state index contributed by atoms with van der Waals surface area (Å²) in [4.78, 5) is 18.5. The van der Waals surface area contributed by atoms with E-state index in [9.17, 15) is 10.1 Å². The highest BCUT2D eigenvalue weighted by molar-refractivity contribution is 5.69. The molecule has 0 amide bonds. The molecule has 8 heteroatoms. The molecular formula is C13H10N6O2. The van der Waals surface area contributed by atoms with E-state index in [1.54, 1.807) is 36.9 Å². The zero-order valence-electron chi connectivity index (χ0n) is 10.7. The third-order valence-electron chi connectivity index (χ3n) is 2.85. The molecule has 0 bridgehead atoms. The molecule has 0 aliphatic heterocycles. The van der Waals surface area contributed by atoms with Crippen LogP contribution in [0.4, 0.5) is 11.4 Å². The molecule has 0 saturated carbocycles. The van der Waals surface area contributed by atoms with E-state index < -0.39 is 4.92 Å². The largest absolute Gasteiger partial charge is 0.396 e. The zero-order valence-corrected chi connectivity index (χ0v) is 10.7. The van der Waals surface area contributed by atoms with Crippen molar-refractivity contribution in [1.29, 1.82) is 0 Å². The predicted octanol–water partition coefficient (Wildman–Crippen LogP) is 1.82. The number of hydrogen-bond acceptors (Lipinski definition) is 6. The number of hydrogen-bond donors (Lipinski definition) is 1. The second-order valence-corrected chi connectivity index (χ2v) is 4.25. The van der Waals surface area contributed by atoms with Crippen LogP contribution in [0.15, 0.2) is 49.1 Å². The highest BCUT2D eigenvalue weighted by Gasteiger charge is 2.13. The fourth-order valence-electron chi connectivity index (χ4n) is 1.89. The Hall–Kier alpha value is -3.29. The number of nitrogens with two attached hydrogens (primary N) is 1. The van der Waals surface area contributed by atoms with Gasteiger partial charge in [0.15, 0.2) is 0 Å². The number of non-ortho nitro benzene ring substituents is 1. The van der Waals surface area contributed by atoms with Crippen molar-refractivity contribution in [3.8, 4) is 17.1 Å². The molecule has 0 saturated heterocycles. The lowest BCUT2D eigenvalue weighted by atomic mass is 10.3. The van der Waals surface area contributed by atoms with E-state index in [1.165, 1.54) is 16.8 Å². The maximum atomic E-state index is 10.8. The molecule has 8 nitrogen and oxygen atoms in total. The van der Waals surface area contributed by atoms with Gasteiger partial charge in [-0.2, -0.15) is 5.10 Å². The Morgan fingerprint density at radius 1 is 1.29 bits per heavy atom.